The molecule has 0 aromatic heterocycles. The fourth-order valence-electron chi connectivity index (χ4n) is 1.91. The first-order valence-electron chi connectivity index (χ1n) is 5.52. The van der Waals surface area contributed by atoms with E-state index in [0.29, 0.717) is 0 Å². The van der Waals surface area contributed by atoms with Crippen molar-refractivity contribution in [1.29, 1.82) is 0 Å². The zero-order chi connectivity index (χ0) is 10.5. The predicted octanol–water partition coefficient (Wildman–Crippen LogP) is 2.51. The number of halogens is 2. The van der Waals surface area contributed by atoms with Crippen LogP contribution < -0.4 is 5.32 Å². The van der Waals surface area contributed by atoms with Crippen LogP contribution in [0.5, 0.6) is 0 Å². The highest BCUT2D eigenvalue weighted by molar-refractivity contribution is 14.1. The Morgan fingerprint density at radius 1 is 1.12 bits per heavy atom. The fraction of sp³-hybridized carbons (Fsp3) is 0.500. The summed E-state index contributed by atoms with van der Waals surface area (Å²) in [5, 5.41) is 3.43. The summed E-state index contributed by atoms with van der Waals surface area (Å²) in [6.07, 6.45) is 1.27. The molecule has 1 N–H and O–H groups in total. The highest BCUT2D eigenvalue weighted by Crippen LogP contribution is 2.09. The van der Waals surface area contributed by atoms with Crippen LogP contribution in [0.2, 0.25) is 0 Å². The second kappa shape index (κ2) is 7.48. The molecule has 0 atom stereocenters. The minimum absolute atomic E-state index is 0. The monoisotopic (exact) mass is 352 g/mol. The van der Waals surface area contributed by atoms with Crippen molar-refractivity contribution >= 4 is 35.0 Å². The van der Waals surface area contributed by atoms with Crippen molar-refractivity contribution in [1.82, 2.24) is 10.2 Å². The summed E-state index contributed by atoms with van der Waals surface area (Å²) in [5.74, 6) is 0. The number of hydrogen-bond acceptors (Lipinski definition) is 2. The van der Waals surface area contributed by atoms with Crippen molar-refractivity contribution in [3.63, 3.8) is 0 Å². The third kappa shape index (κ3) is 4.57. The zero-order valence-electron chi connectivity index (χ0n) is 9.29. The molecule has 0 amide bonds. The molecule has 0 spiro atoms. The van der Waals surface area contributed by atoms with Gasteiger partial charge in [0.15, 0.2) is 0 Å². The molecule has 90 valence electrons. The van der Waals surface area contributed by atoms with Crippen molar-refractivity contribution in [2.24, 2.45) is 0 Å². The molecule has 16 heavy (non-hydrogen) atoms. The number of nitrogens with zero attached hydrogens (tertiary/aromatic N) is 1. The van der Waals surface area contributed by atoms with E-state index in [1.807, 2.05) is 0 Å². The van der Waals surface area contributed by atoms with Gasteiger partial charge in [-0.15, -0.1) is 12.4 Å². The van der Waals surface area contributed by atoms with Gasteiger partial charge in [0, 0.05) is 23.2 Å². The Bertz CT molecular complexity index is 294. The fourth-order valence-corrected chi connectivity index (χ4v) is 2.27. The Morgan fingerprint density at radius 3 is 2.62 bits per heavy atom. The van der Waals surface area contributed by atoms with Gasteiger partial charge >= 0.3 is 0 Å². The first-order chi connectivity index (χ1) is 7.34. The van der Waals surface area contributed by atoms with Gasteiger partial charge in [-0.05, 0) is 59.8 Å². The molecular weight excluding hydrogens is 335 g/mol. The summed E-state index contributed by atoms with van der Waals surface area (Å²) in [4.78, 5) is 2.53. The van der Waals surface area contributed by atoms with E-state index in [4.69, 9.17) is 0 Å². The highest BCUT2D eigenvalue weighted by Gasteiger charge is 2.08. The largest absolute Gasteiger partial charge is 0.315 e. The molecule has 1 heterocycles. The molecule has 1 saturated heterocycles. The van der Waals surface area contributed by atoms with Gasteiger partial charge in [-0.3, -0.25) is 4.90 Å². The SMILES string of the molecule is Cl.Ic1ccc(CN2CCCNCC2)cc1. The van der Waals surface area contributed by atoms with Gasteiger partial charge < -0.3 is 5.32 Å². The lowest BCUT2D eigenvalue weighted by Gasteiger charge is -2.19. The Labute approximate surface area is 117 Å². The summed E-state index contributed by atoms with van der Waals surface area (Å²) in [6.45, 7) is 5.79. The third-order valence-corrected chi connectivity index (χ3v) is 3.47. The topological polar surface area (TPSA) is 15.3 Å². The minimum Gasteiger partial charge on any atom is -0.315 e. The summed E-state index contributed by atoms with van der Waals surface area (Å²) in [7, 11) is 0. The van der Waals surface area contributed by atoms with E-state index in [2.05, 4.69) is 57.1 Å². The van der Waals surface area contributed by atoms with Gasteiger partial charge in [0.2, 0.25) is 0 Å². The number of hydrogen-bond donors (Lipinski definition) is 1. The molecule has 1 fully saturated rings. The lowest BCUT2D eigenvalue weighted by atomic mass is 10.2. The van der Waals surface area contributed by atoms with Gasteiger partial charge in [-0.1, -0.05) is 12.1 Å². The van der Waals surface area contributed by atoms with E-state index >= 15 is 0 Å². The van der Waals surface area contributed by atoms with E-state index in [9.17, 15) is 0 Å². The molecule has 0 bridgehead atoms. The average molecular weight is 353 g/mol. The molecule has 1 aromatic carbocycles. The molecule has 2 nitrogen and oxygen atoms in total. The minimum atomic E-state index is 0. The van der Waals surface area contributed by atoms with Crippen LogP contribution in [0.15, 0.2) is 24.3 Å². The van der Waals surface area contributed by atoms with Crippen LogP contribution in [-0.4, -0.2) is 31.1 Å². The number of rotatable bonds is 2. The summed E-state index contributed by atoms with van der Waals surface area (Å²) in [5.41, 5.74) is 1.43. The Hall–Kier alpha value is 0.160. The molecule has 0 aliphatic carbocycles. The Kier molecular flexibility index (Phi) is 6.65. The smallest absolute Gasteiger partial charge is 0.0234 e. The molecule has 1 aromatic rings. The van der Waals surface area contributed by atoms with E-state index in [-0.39, 0.29) is 12.4 Å². The molecule has 0 saturated carbocycles. The van der Waals surface area contributed by atoms with Crippen LogP contribution in [0.1, 0.15) is 12.0 Å². The second-order valence-electron chi connectivity index (χ2n) is 4.01. The molecule has 0 unspecified atom stereocenters. The molecule has 1 aliphatic heterocycles. The molecule has 2 rings (SSSR count). The summed E-state index contributed by atoms with van der Waals surface area (Å²) >= 11 is 2.35. The van der Waals surface area contributed by atoms with E-state index in [1.165, 1.54) is 35.2 Å². The molecule has 0 radical (unpaired) electrons. The maximum absolute atomic E-state index is 3.43. The predicted molar refractivity (Wildman–Crippen MR) is 79.2 cm³/mol. The molecule has 4 heteroatoms. The van der Waals surface area contributed by atoms with Gasteiger partial charge in [-0.2, -0.15) is 0 Å². The van der Waals surface area contributed by atoms with Crippen LogP contribution in [0.25, 0.3) is 0 Å². The van der Waals surface area contributed by atoms with Gasteiger partial charge in [0.05, 0.1) is 0 Å². The van der Waals surface area contributed by atoms with Crippen molar-refractivity contribution in [3.05, 3.63) is 33.4 Å². The summed E-state index contributed by atoms with van der Waals surface area (Å²) in [6, 6.07) is 8.85. The van der Waals surface area contributed by atoms with E-state index in [1.54, 1.807) is 0 Å². The maximum atomic E-state index is 3.43. The van der Waals surface area contributed by atoms with E-state index < -0.39 is 0 Å². The van der Waals surface area contributed by atoms with Gasteiger partial charge in [-0.25, -0.2) is 0 Å². The van der Waals surface area contributed by atoms with Crippen LogP contribution in [-0.2, 0) is 6.54 Å². The Morgan fingerprint density at radius 2 is 1.88 bits per heavy atom. The van der Waals surface area contributed by atoms with Gasteiger partial charge in [0.1, 0.15) is 0 Å². The van der Waals surface area contributed by atoms with Crippen molar-refractivity contribution in [3.8, 4) is 0 Å². The first-order valence-corrected chi connectivity index (χ1v) is 6.60. The lowest BCUT2D eigenvalue weighted by molar-refractivity contribution is 0.284. The summed E-state index contributed by atoms with van der Waals surface area (Å²) < 4.78 is 1.31. The van der Waals surface area contributed by atoms with Crippen molar-refractivity contribution in [2.45, 2.75) is 13.0 Å². The normalized spacial score (nSPS) is 17.6. The number of nitrogens with one attached hydrogen (secondary N) is 1. The van der Waals surface area contributed by atoms with Crippen LogP contribution >= 0.6 is 35.0 Å². The van der Waals surface area contributed by atoms with Crippen LogP contribution in [0, 0.1) is 3.57 Å². The molecular formula is C12H18ClIN2. The van der Waals surface area contributed by atoms with E-state index in [0.717, 1.165) is 13.1 Å². The van der Waals surface area contributed by atoms with Crippen LogP contribution in [0.4, 0.5) is 0 Å². The Balaban J connectivity index is 0.00000128. The maximum Gasteiger partial charge on any atom is 0.0234 e. The molecule has 1 aliphatic rings. The lowest BCUT2D eigenvalue weighted by Crippen LogP contribution is -2.27. The number of benzene rings is 1. The third-order valence-electron chi connectivity index (χ3n) is 2.75. The van der Waals surface area contributed by atoms with Crippen molar-refractivity contribution < 1.29 is 0 Å². The average Bonchev–Trinajstić information content (AvgIpc) is 2.50. The standard InChI is InChI=1S/C12H17IN2.ClH/c13-12-4-2-11(3-5-12)10-15-8-1-6-14-7-9-15;/h2-5,14H,1,6-10H2;1H. The second-order valence-corrected chi connectivity index (χ2v) is 5.25. The first kappa shape index (κ1) is 14.2. The highest BCUT2D eigenvalue weighted by atomic mass is 127. The van der Waals surface area contributed by atoms with Crippen LogP contribution in [0.3, 0.4) is 0 Å². The quantitative estimate of drug-likeness (QED) is 0.823. The van der Waals surface area contributed by atoms with Crippen molar-refractivity contribution in [2.75, 3.05) is 26.2 Å². The zero-order valence-corrected chi connectivity index (χ0v) is 12.3. The van der Waals surface area contributed by atoms with Gasteiger partial charge in [0.25, 0.3) is 0 Å².